The summed E-state index contributed by atoms with van der Waals surface area (Å²) in [6.07, 6.45) is 13.6. The van der Waals surface area contributed by atoms with E-state index in [1.54, 1.807) is 18.2 Å². The lowest BCUT2D eigenvalue weighted by Crippen LogP contribution is -2.25. The van der Waals surface area contributed by atoms with E-state index in [2.05, 4.69) is 0 Å². The third-order valence-electron chi connectivity index (χ3n) is 8.06. The molecule has 0 saturated heterocycles. The van der Waals surface area contributed by atoms with Gasteiger partial charge in [-0.3, -0.25) is 0 Å². The number of nitrogens with zero attached hydrogens (tertiary/aromatic N) is 1. The maximum atomic E-state index is 12.9. The molecule has 2 fully saturated rings. The first-order valence-electron chi connectivity index (χ1n) is 12.8. The first kappa shape index (κ1) is 25.8. The second-order valence-electron chi connectivity index (χ2n) is 10.2. The minimum atomic E-state index is -4.26. The number of hydrogen-bond acceptors (Lipinski definition) is 1. The molecule has 1 nitrogen and oxygen atoms in total. The molecule has 2 saturated carbocycles. The second-order valence-corrected chi connectivity index (χ2v) is 10.2. The Kier molecular flexibility index (Phi) is 9.83. The van der Waals surface area contributed by atoms with Crippen LogP contribution in [0.5, 0.6) is 0 Å². The van der Waals surface area contributed by atoms with Crippen molar-refractivity contribution >= 4 is 0 Å². The van der Waals surface area contributed by atoms with E-state index in [0.717, 1.165) is 49.0 Å². The minimum absolute atomic E-state index is 0.570. The standard InChI is InChI=1S/C28H37F4N/c29-27(20-33)7-3-6-23-10-16-25(17-11-23)24-14-8-21(9-15-24)4-1-2-5-22-12-18-26(19-13-22)28(30,31)32/h7,12-13,18-19,21,23-25H,1-6,8-11,14-17H2/b27-7-. The predicted molar refractivity (Wildman–Crippen MR) is 124 cm³/mol. The van der Waals surface area contributed by atoms with Gasteiger partial charge in [-0.05, 0) is 98.8 Å². The predicted octanol–water partition coefficient (Wildman–Crippen LogP) is 9.19. The molecule has 0 unspecified atom stereocenters. The summed E-state index contributed by atoms with van der Waals surface area (Å²) < 4.78 is 50.9. The fourth-order valence-corrected chi connectivity index (χ4v) is 6.01. The molecule has 0 atom stereocenters. The smallest absolute Gasteiger partial charge is 0.195 e. The molecule has 2 aliphatic rings. The maximum Gasteiger partial charge on any atom is 0.416 e. The van der Waals surface area contributed by atoms with Crippen LogP contribution in [0.1, 0.15) is 94.6 Å². The Hall–Kier alpha value is -1.83. The first-order valence-corrected chi connectivity index (χ1v) is 12.8. The number of unbranched alkanes of at least 4 members (excludes halogenated alkanes) is 1. The number of benzene rings is 1. The molecule has 0 aromatic heterocycles. The SMILES string of the molecule is N#C/C(F)=C/CCC1CCC(C2CCC(CCCCc3ccc(C(F)(F)F)cc3)CC2)CC1. The third kappa shape index (κ3) is 8.47. The van der Waals surface area contributed by atoms with Crippen LogP contribution < -0.4 is 0 Å². The first-order chi connectivity index (χ1) is 15.8. The van der Waals surface area contributed by atoms with Crippen LogP contribution in [0.4, 0.5) is 17.6 Å². The van der Waals surface area contributed by atoms with Crippen molar-refractivity contribution in [2.45, 2.75) is 96.1 Å². The Morgan fingerprint density at radius 3 is 1.91 bits per heavy atom. The monoisotopic (exact) mass is 463 g/mol. The summed E-state index contributed by atoms with van der Waals surface area (Å²) in [4.78, 5) is 0. The molecule has 0 aliphatic heterocycles. The molecule has 182 valence electrons. The van der Waals surface area contributed by atoms with Crippen molar-refractivity contribution in [3.8, 4) is 6.07 Å². The Labute approximate surface area is 196 Å². The Balaban J connectivity index is 1.27. The lowest BCUT2D eigenvalue weighted by atomic mass is 9.68. The molecular formula is C28H37F4N. The van der Waals surface area contributed by atoms with Crippen LogP contribution in [0.25, 0.3) is 0 Å². The molecule has 2 aliphatic carbocycles. The van der Waals surface area contributed by atoms with Crippen molar-refractivity contribution in [2.75, 3.05) is 0 Å². The molecule has 3 rings (SSSR count). The van der Waals surface area contributed by atoms with Gasteiger partial charge < -0.3 is 0 Å². The van der Waals surface area contributed by atoms with Gasteiger partial charge in [0.25, 0.3) is 0 Å². The molecule has 0 bridgehead atoms. The average Bonchev–Trinajstić information content (AvgIpc) is 2.82. The van der Waals surface area contributed by atoms with Gasteiger partial charge in [-0.15, -0.1) is 0 Å². The van der Waals surface area contributed by atoms with Gasteiger partial charge in [-0.2, -0.15) is 22.8 Å². The molecule has 0 heterocycles. The van der Waals surface area contributed by atoms with Crippen molar-refractivity contribution in [1.82, 2.24) is 0 Å². The van der Waals surface area contributed by atoms with E-state index < -0.39 is 17.6 Å². The highest BCUT2D eigenvalue weighted by Gasteiger charge is 2.31. The zero-order valence-corrected chi connectivity index (χ0v) is 19.6. The van der Waals surface area contributed by atoms with Crippen molar-refractivity contribution in [1.29, 1.82) is 5.26 Å². The van der Waals surface area contributed by atoms with Gasteiger partial charge in [0.2, 0.25) is 0 Å². The highest BCUT2D eigenvalue weighted by Crippen LogP contribution is 2.43. The molecule has 33 heavy (non-hydrogen) atoms. The van der Waals surface area contributed by atoms with Gasteiger partial charge in [-0.1, -0.05) is 50.7 Å². The van der Waals surface area contributed by atoms with Crippen molar-refractivity contribution in [3.05, 3.63) is 47.3 Å². The topological polar surface area (TPSA) is 23.8 Å². The molecule has 0 amide bonds. The van der Waals surface area contributed by atoms with Gasteiger partial charge in [0.1, 0.15) is 6.07 Å². The Morgan fingerprint density at radius 2 is 1.39 bits per heavy atom. The molecule has 5 heteroatoms. The lowest BCUT2D eigenvalue weighted by molar-refractivity contribution is -0.137. The highest BCUT2D eigenvalue weighted by atomic mass is 19.4. The number of aryl methyl sites for hydroxylation is 1. The molecule has 0 N–H and O–H groups in total. The zero-order chi connectivity index (χ0) is 23.7. The Bertz CT molecular complexity index is 774. The minimum Gasteiger partial charge on any atom is -0.195 e. The van der Waals surface area contributed by atoms with Gasteiger partial charge in [-0.25, -0.2) is 0 Å². The van der Waals surface area contributed by atoms with Crippen molar-refractivity contribution in [2.24, 2.45) is 23.7 Å². The molecule has 0 spiro atoms. The van der Waals surface area contributed by atoms with Crippen LogP contribution in [0.2, 0.25) is 0 Å². The van der Waals surface area contributed by atoms with Crippen LogP contribution in [0, 0.1) is 35.0 Å². The van der Waals surface area contributed by atoms with Crippen LogP contribution in [0.3, 0.4) is 0 Å². The highest BCUT2D eigenvalue weighted by molar-refractivity contribution is 5.24. The van der Waals surface area contributed by atoms with Crippen LogP contribution >= 0.6 is 0 Å². The summed E-state index contributed by atoms with van der Waals surface area (Å²) in [6, 6.07) is 7.16. The van der Waals surface area contributed by atoms with Gasteiger partial charge in [0, 0.05) is 0 Å². The van der Waals surface area contributed by atoms with Gasteiger partial charge in [0.05, 0.1) is 5.56 Å². The van der Waals surface area contributed by atoms with E-state index in [9.17, 15) is 17.6 Å². The quantitative estimate of drug-likeness (QED) is 0.203. The molecule has 1 aromatic rings. The van der Waals surface area contributed by atoms with Crippen molar-refractivity contribution in [3.63, 3.8) is 0 Å². The summed E-state index contributed by atoms with van der Waals surface area (Å²) in [5.41, 5.74) is 0.424. The summed E-state index contributed by atoms with van der Waals surface area (Å²) in [7, 11) is 0. The van der Waals surface area contributed by atoms with E-state index in [1.165, 1.54) is 76.0 Å². The molecular weight excluding hydrogens is 426 g/mol. The fraction of sp³-hybridized carbons (Fsp3) is 0.679. The summed E-state index contributed by atoms with van der Waals surface area (Å²) in [5, 5.41) is 8.48. The lowest BCUT2D eigenvalue weighted by Gasteiger charge is -2.38. The fourth-order valence-electron chi connectivity index (χ4n) is 6.01. The Morgan fingerprint density at radius 1 is 0.848 bits per heavy atom. The number of nitriles is 1. The second kappa shape index (κ2) is 12.6. The van der Waals surface area contributed by atoms with E-state index in [4.69, 9.17) is 5.26 Å². The van der Waals surface area contributed by atoms with Gasteiger partial charge in [0.15, 0.2) is 5.83 Å². The number of rotatable bonds is 9. The van der Waals surface area contributed by atoms with E-state index in [-0.39, 0.29) is 0 Å². The summed E-state index contributed by atoms with van der Waals surface area (Å²) >= 11 is 0. The maximum absolute atomic E-state index is 12.9. The zero-order valence-electron chi connectivity index (χ0n) is 19.6. The summed E-state index contributed by atoms with van der Waals surface area (Å²) in [5.74, 6) is 2.57. The molecule has 0 radical (unpaired) electrons. The largest absolute Gasteiger partial charge is 0.416 e. The normalized spacial score (nSPS) is 26.7. The number of halogens is 4. The number of alkyl halides is 3. The van der Waals surface area contributed by atoms with Crippen LogP contribution in [0.15, 0.2) is 36.2 Å². The number of allylic oxidation sites excluding steroid dienone is 2. The van der Waals surface area contributed by atoms with Crippen LogP contribution in [-0.2, 0) is 12.6 Å². The van der Waals surface area contributed by atoms with Crippen LogP contribution in [-0.4, -0.2) is 0 Å². The van der Waals surface area contributed by atoms with Gasteiger partial charge >= 0.3 is 6.18 Å². The van der Waals surface area contributed by atoms with E-state index in [1.807, 2.05) is 0 Å². The number of hydrogen-bond donors (Lipinski definition) is 0. The average molecular weight is 464 g/mol. The molecule has 1 aromatic carbocycles. The van der Waals surface area contributed by atoms with E-state index >= 15 is 0 Å². The van der Waals surface area contributed by atoms with Crippen molar-refractivity contribution < 1.29 is 17.6 Å². The third-order valence-corrected chi connectivity index (χ3v) is 8.06. The van der Waals surface area contributed by atoms with E-state index in [0.29, 0.717) is 12.3 Å². The summed E-state index contributed by atoms with van der Waals surface area (Å²) in [6.45, 7) is 0.